The largest absolute Gasteiger partial charge is 0.388 e. The second-order valence-corrected chi connectivity index (χ2v) is 13.0. The fourth-order valence-corrected chi connectivity index (χ4v) is 7.41. The SMILES string of the molecule is C=C(NC)c1ccc2c(c1)CCc1cc(C(=O)NC)ccc1C2(C[C@H](C)NCC(=C)N1C(C#N)C[C@@H]2CC21)C(=N)NC(C)C. The number of nitrogens with zero attached hydrogens (tertiary/aromatic N) is 2. The first-order valence-electron chi connectivity index (χ1n) is 15.8. The van der Waals surface area contributed by atoms with Crippen molar-refractivity contribution in [3.63, 3.8) is 0 Å². The monoisotopic (exact) mass is 593 g/mol. The van der Waals surface area contributed by atoms with E-state index in [0.29, 0.717) is 36.3 Å². The lowest BCUT2D eigenvalue weighted by atomic mass is 9.67. The molecule has 232 valence electrons. The molecule has 1 aliphatic heterocycles. The summed E-state index contributed by atoms with van der Waals surface area (Å²) in [7, 11) is 3.53. The van der Waals surface area contributed by atoms with Crippen LogP contribution in [0.15, 0.2) is 55.3 Å². The molecule has 0 spiro atoms. The molecule has 0 aromatic heterocycles. The Hall–Kier alpha value is -4.09. The molecule has 1 saturated heterocycles. The lowest BCUT2D eigenvalue weighted by molar-refractivity contribution is 0.0963. The second-order valence-electron chi connectivity index (χ2n) is 13.0. The molecule has 5 rings (SSSR count). The van der Waals surface area contributed by atoms with Crippen LogP contribution in [0, 0.1) is 22.7 Å². The van der Waals surface area contributed by atoms with E-state index < -0.39 is 5.41 Å². The van der Waals surface area contributed by atoms with Gasteiger partial charge in [0.25, 0.3) is 5.91 Å². The minimum Gasteiger partial charge on any atom is -0.388 e. The van der Waals surface area contributed by atoms with Crippen LogP contribution in [0.2, 0.25) is 0 Å². The molecule has 2 aliphatic carbocycles. The van der Waals surface area contributed by atoms with Crippen molar-refractivity contribution in [1.82, 2.24) is 26.2 Å². The number of piperidine rings is 1. The molecule has 5 atom stereocenters. The molecule has 0 radical (unpaired) electrons. The molecule has 3 unspecified atom stereocenters. The average molecular weight is 594 g/mol. The van der Waals surface area contributed by atoms with Crippen molar-refractivity contribution in [2.24, 2.45) is 5.92 Å². The number of benzene rings is 2. The van der Waals surface area contributed by atoms with Crippen LogP contribution < -0.4 is 21.3 Å². The van der Waals surface area contributed by atoms with Gasteiger partial charge in [0.1, 0.15) is 11.9 Å². The van der Waals surface area contributed by atoms with Crippen LogP contribution in [0.1, 0.15) is 78.2 Å². The molecule has 2 aromatic rings. The number of aryl methyl sites for hydroxylation is 2. The minimum atomic E-state index is -0.787. The lowest BCUT2D eigenvalue weighted by Crippen LogP contribution is -2.51. The van der Waals surface area contributed by atoms with Gasteiger partial charge < -0.3 is 26.2 Å². The normalized spacial score (nSPS) is 23.8. The van der Waals surface area contributed by atoms with Gasteiger partial charge in [-0.2, -0.15) is 5.26 Å². The van der Waals surface area contributed by atoms with Crippen molar-refractivity contribution in [3.8, 4) is 6.07 Å². The van der Waals surface area contributed by atoms with Gasteiger partial charge >= 0.3 is 0 Å². The molecule has 1 saturated carbocycles. The van der Waals surface area contributed by atoms with Gasteiger partial charge in [-0.25, -0.2) is 0 Å². The van der Waals surface area contributed by atoms with E-state index in [-0.39, 0.29) is 24.0 Å². The fourth-order valence-electron chi connectivity index (χ4n) is 7.41. The van der Waals surface area contributed by atoms with Crippen molar-refractivity contribution in [2.45, 2.75) is 82.5 Å². The Kier molecular flexibility index (Phi) is 8.90. The summed E-state index contributed by atoms with van der Waals surface area (Å²) in [5.74, 6) is 0.955. The van der Waals surface area contributed by atoms with Crippen LogP contribution >= 0.6 is 0 Å². The molecular formula is C36H47N7O. The second kappa shape index (κ2) is 12.5. The van der Waals surface area contributed by atoms with Gasteiger partial charge in [0.05, 0.1) is 11.5 Å². The smallest absolute Gasteiger partial charge is 0.251 e. The number of fused-ring (bicyclic) bond motifs is 3. The summed E-state index contributed by atoms with van der Waals surface area (Å²) >= 11 is 0. The van der Waals surface area contributed by atoms with E-state index in [1.807, 2.05) is 19.2 Å². The maximum atomic E-state index is 12.7. The molecule has 0 bridgehead atoms. The number of amidine groups is 1. The Morgan fingerprint density at radius 1 is 1.05 bits per heavy atom. The van der Waals surface area contributed by atoms with E-state index in [0.717, 1.165) is 59.3 Å². The lowest BCUT2D eigenvalue weighted by Gasteiger charge is -2.40. The highest BCUT2D eigenvalue weighted by atomic mass is 16.1. The van der Waals surface area contributed by atoms with Crippen LogP contribution in [0.3, 0.4) is 0 Å². The highest BCUT2D eigenvalue weighted by Gasteiger charge is 2.52. The fraction of sp³-hybridized carbons (Fsp3) is 0.472. The molecule has 8 nitrogen and oxygen atoms in total. The van der Waals surface area contributed by atoms with E-state index >= 15 is 0 Å². The Balaban J connectivity index is 1.57. The first-order valence-corrected chi connectivity index (χ1v) is 15.8. The quantitative estimate of drug-likeness (QED) is 0.194. The predicted molar refractivity (Wildman–Crippen MR) is 178 cm³/mol. The van der Waals surface area contributed by atoms with E-state index in [1.165, 1.54) is 5.56 Å². The number of carbonyl (C=O) groups excluding carboxylic acids is 1. The average Bonchev–Trinajstić information content (AvgIpc) is 3.71. The van der Waals surface area contributed by atoms with Gasteiger partial charge in [0.2, 0.25) is 0 Å². The van der Waals surface area contributed by atoms with E-state index in [9.17, 15) is 15.5 Å². The van der Waals surface area contributed by atoms with Crippen LogP contribution in [-0.2, 0) is 18.3 Å². The molecule has 1 amide bonds. The standard InChI is InChI=1S/C36H47N7O/c1-21(2)42-35(38)36(18-22(3)41-20-23(4)43-30(19-37)16-29-17-33(29)43)31-12-10-25(24(5)39-6)14-26(31)8-9-27-15-28(34(44)40-7)11-13-32(27)36/h10-15,21-22,29-30,33,39,41H,4-5,8-9,16-18,20H2,1-3,6-7H3,(H2,38,42)(H,40,44)/t22-,29+,30?,33?,36?/m0/s1. The van der Waals surface area contributed by atoms with E-state index in [4.69, 9.17) is 0 Å². The van der Waals surface area contributed by atoms with Gasteiger partial charge in [0.15, 0.2) is 0 Å². The number of rotatable bonds is 11. The van der Waals surface area contributed by atoms with Crippen LogP contribution in [0.5, 0.6) is 0 Å². The first-order chi connectivity index (χ1) is 21.0. The number of hydrogen-bond acceptors (Lipinski definition) is 6. The van der Waals surface area contributed by atoms with Crippen molar-refractivity contribution < 1.29 is 4.79 Å². The molecule has 2 fully saturated rings. The van der Waals surface area contributed by atoms with Crippen molar-refractivity contribution >= 4 is 17.4 Å². The number of hydrogen-bond donors (Lipinski definition) is 5. The van der Waals surface area contributed by atoms with Crippen LogP contribution in [-0.4, -0.2) is 61.5 Å². The van der Waals surface area contributed by atoms with Gasteiger partial charge in [-0.15, -0.1) is 0 Å². The van der Waals surface area contributed by atoms with Crippen molar-refractivity contribution in [3.05, 3.63) is 88.6 Å². The highest BCUT2D eigenvalue weighted by Crippen LogP contribution is 2.49. The summed E-state index contributed by atoms with van der Waals surface area (Å²) in [4.78, 5) is 14.9. The number of amides is 1. The summed E-state index contributed by atoms with van der Waals surface area (Å²) in [6.07, 6.45) is 4.25. The summed E-state index contributed by atoms with van der Waals surface area (Å²) < 4.78 is 0. The maximum Gasteiger partial charge on any atom is 0.251 e. The number of nitrogens with one attached hydrogen (secondary N) is 5. The van der Waals surface area contributed by atoms with Gasteiger partial charge in [0, 0.05) is 55.7 Å². The molecule has 2 aromatic carbocycles. The van der Waals surface area contributed by atoms with Crippen molar-refractivity contribution in [2.75, 3.05) is 20.6 Å². The Labute approximate surface area is 262 Å². The van der Waals surface area contributed by atoms with Crippen LogP contribution in [0.4, 0.5) is 0 Å². The summed E-state index contributed by atoms with van der Waals surface area (Å²) in [5.41, 5.74) is 7.09. The number of carbonyl (C=O) groups is 1. The van der Waals surface area contributed by atoms with Gasteiger partial charge in [-0.1, -0.05) is 31.4 Å². The summed E-state index contributed by atoms with van der Waals surface area (Å²) in [6, 6.07) is 15.3. The maximum absolute atomic E-state index is 12.7. The molecule has 1 heterocycles. The zero-order valence-corrected chi connectivity index (χ0v) is 26.8. The topological polar surface area (TPSA) is 116 Å². The predicted octanol–water partition coefficient (Wildman–Crippen LogP) is 4.46. The van der Waals surface area contributed by atoms with Gasteiger partial charge in [-0.05, 0) is 105 Å². The Morgan fingerprint density at radius 3 is 2.27 bits per heavy atom. The van der Waals surface area contributed by atoms with Gasteiger partial charge in [-0.3, -0.25) is 10.2 Å². The molecule has 44 heavy (non-hydrogen) atoms. The van der Waals surface area contributed by atoms with Crippen LogP contribution in [0.25, 0.3) is 5.70 Å². The summed E-state index contributed by atoms with van der Waals surface area (Å²) in [5, 5.41) is 32.5. The molecule has 5 N–H and O–H groups in total. The first kappa shape index (κ1) is 31.3. The molecule has 8 heteroatoms. The third-order valence-electron chi connectivity index (χ3n) is 9.68. The zero-order chi connectivity index (χ0) is 31.8. The van der Waals surface area contributed by atoms with E-state index in [1.54, 1.807) is 7.05 Å². The number of likely N-dealkylation sites (tertiary alicyclic amines) is 1. The highest BCUT2D eigenvalue weighted by molar-refractivity contribution is 5.97. The number of nitriles is 1. The zero-order valence-electron chi connectivity index (χ0n) is 26.8. The minimum absolute atomic E-state index is 0.00330. The Morgan fingerprint density at radius 2 is 1.68 bits per heavy atom. The summed E-state index contributed by atoms with van der Waals surface area (Å²) in [6.45, 7) is 15.5. The third kappa shape index (κ3) is 5.73. The van der Waals surface area contributed by atoms with Crippen molar-refractivity contribution in [1.29, 1.82) is 10.7 Å². The Bertz CT molecular complexity index is 1450. The van der Waals surface area contributed by atoms with E-state index in [2.05, 4.69) is 90.4 Å². The molecule has 3 aliphatic rings. The molecular weight excluding hydrogens is 546 g/mol. The third-order valence-corrected chi connectivity index (χ3v) is 9.68.